The molecule has 0 spiro atoms. The van der Waals surface area contributed by atoms with Crippen LogP contribution in [0.1, 0.15) is 26.2 Å². The van der Waals surface area contributed by atoms with Crippen LogP contribution < -0.4 is 5.32 Å². The van der Waals surface area contributed by atoms with Crippen molar-refractivity contribution < 1.29 is 4.74 Å². The topological polar surface area (TPSA) is 24.5 Å². The highest BCUT2D eigenvalue weighted by atomic mass is 16.5. The van der Waals surface area contributed by atoms with Gasteiger partial charge in [0.25, 0.3) is 0 Å². The Morgan fingerprint density at radius 1 is 1.50 bits per heavy atom. The molecular weight excluding hydrogens is 176 g/mol. The smallest absolute Gasteiger partial charge is 0.0731 e. The minimum Gasteiger partial charge on any atom is -0.375 e. The van der Waals surface area contributed by atoms with Crippen molar-refractivity contribution >= 4 is 0 Å². The van der Waals surface area contributed by atoms with Crippen LogP contribution in [0, 0.1) is 0 Å². The van der Waals surface area contributed by atoms with Crippen molar-refractivity contribution in [2.75, 3.05) is 26.7 Å². The van der Waals surface area contributed by atoms with Crippen LogP contribution >= 0.6 is 0 Å². The maximum Gasteiger partial charge on any atom is 0.0731 e. The first kappa shape index (κ1) is 10.4. The Kier molecular flexibility index (Phi) is 3.42. The fraction of sp³-hybridized carbons (Fsp3) is 1.00. The number of hydrogen-bond donors (Lipinski definition) is 1. The van der Waals surface area contributed by atoms with E-state index in [1.165, 1.54) is 19.3 Å². The van der Waals surface area contributed by atoms with Crippen molar-refractivity contribution in [2.45, 2.75) is 44.4 Å². The number of rotatable bonds is 3. The maximum atomic E-state index is 5.80. The number of ether oxygens (including phenoxy) is 1. The van der Waals surface area contributed by atoms with E-state index >= 15 is 0 Å². The summed E-state index contributed by atoms with van der Waals surface area (Å²) in [5.74, 6) is 0. The Bertz CT molecular complexity index is 186. The van der Waals surface area contributed by atoms with Gasteiger partial charge in [-0.1, -0.05) is 0 Å². The zero-order chi connectivity index (χ0) is 9.97. The second kappa shape index (κ2) is 4.60. The van der Waals surface area contributed by atoms with Crippen molar-refractivity contribution in [3.05, 3.63) is 0 Å². The molecule has 1 aliphatic carbocycles. The third kappa shape index (κ3) is 1.95. The first-order valence-electron chi connectivity index (χ1n) is 5.85. The van der Waals surface area contributed by atoms with Crippen molar-refractivity contribution in [1.82, 2.24) is 10.2 Å². The molecule has 0 aromatic heterocycles. The van der Waals surface area contributed by atoms with Gasteiger partial charge < -0.3 is 10.1 Å². The van der Waals surface area contributed by atoms with Gasteiger partial charge in [-0.3, -0.25) is 4.90 Å². The third-order valence-electron chi connectivity index (χ3n) is 3.59. The Labute approximate surface area is 86.8 Å². The summed E-state index contributed by atoms with van der Waals surface area (Å²) < 4.78 is 5.80. The molecule has 0 radical (unpaired) electrons. The molecule has 14 heavy (non-hydrogen) atoms. The Balaban J connectivity index is 1.95. The minimum absolute atomic E-state index is 0.531. The molecular formula is C11H22N2O. The molecule has 3 heteroatoms. The normalized spacial score (nSPS) is 35.6. The summed E-state index contributed by atoms with van der Waals surface area (Å²) in [6.45, 7) is 5.44. The lowest BCUT2D eigenvalue weighted by atomic mass is 10.1. The molecule has 1 aliphatic heterocycles. The van der Waals surface area contributed by atoms with Crippen molar-refractivity contribution in [1.29, 1.82) is 0 Å². The van der Waals surface area contributed by atoms with Gasteiger partial charge in [-0.25, -0.2) is 0 Å². The van der Waals surface area contributed by atoms with Gasteiger partial charge in [0, 0.05) is 25.2 Å². The van der Waals surface area contributed by atoms with Gasteiger partial charge in [-0.15, -0.1) is 0 Å². The second-order valence-electron chi connectivity index (χ2n) is 4.55. The van der Waals surface area contributed by atoms with Gasteiger partial charge >= 0.3 is 0 Å². The molecule has 1 heterocycles. The van der Waals surface area contributed by atoms with Crippen LogP contribution in [0.3, 0.4) is 0 Å². The number of hydrogen-bond acceptors (Lipinski definition) is 3. The number of likely N-dealkylation sites (N-methyl/N-ethyl adjacent to an activating group) is 1. The van der Waals surface area contributed by atoms with E-state index in [0.717, 1.165) is 19.7 Å². The summed E-state index contributed by atoms with van der Waals surface area (Å²) >= 11 is 0. The molecule has 3 unspecified atom stereocenters. The average Bonchev–Trinajstić information content (AvgIpc) is 2.65. The highest BCUT2D eigenvalue weighted by Crippen LogP contribution is 2.30. The molecule has 1 saturated heterocycles. The first-order valence-corrected chi connectivity index (χ1v) is 5.85. The van der Waals surface area contributed by atoms with Crippen molar-refractivity contribution in [2.24, 2.45) is 0 Å². The Morgan fingerprint density at radius 2 is 2.36 bits per heavy atom. The van der Waals surface area contributed by atoms with Gasteiger partial charge in [0.05, 0.1) is 12.7 Å². The van der Waals surface area contributed by atoms with Gasteiger partial charge in [-0.05, 0) is 33.2 Å². The summed E-state index contributed by atoms with van der Waals surface area (Å²) in [6.07, 6.45) is 4.48. The summed E-state index contributed by atoms with van der Waals surface area (Å²) in [4.78, 5) is 2.64. The van der Waals surface area contributed by atoms with Gasteiger partial charge in [0.15, 0.2) is 0 Å². The number of nitrogens with one attached hydrogen (secondary N) is 1. The monoisotopic (exact) mass is 198 g/mol. The first-order chi connectivity index (χ1) is 6.83. The van der Waals surface area contributed by atoms with E-state index < -0.39 is 0 Å². The van der Waals surface area contributed by atoms with Crippen LogP contribution in [0.4, 0.5) is 0 Å². The number of nitrogens with zero attached hydrogens (tertiary/aromatic N) is 1. The Morgan fingerprint density at radius 3 is 3.14 bits per heavy atom. The van der Waals surface area contributed by atoms with Crippen LogP contribution in [0.25, 0.3) is 0 Å². The quantitative estimate of drug-likeness (QED) is 0.727. The van der Waals surface area contributed by atoms with E-state index in [0.29, 0.717) is 18.2 Å². The van der Waals surface area contributed by atoms with Crippen LogP contribution in [-0.2, 0) is 4.74 Å². The zero-order valence-electron chi connectivity index (χ0n) is 9.33. The average molecular weight is 198 g/mol. The summed E-state index contributed by atoms with van der Waals surface area (Å²) in [7, 11) is 2.03. The molecule has 0 aromatic carbocycles. The molecule has 2 fully saturated rings. The fourth-order valence-corrected chi connectivity index (χ4v) is 2.92. The largest absolute Gasteiger partial charge is 0.375 e. The van der Waals surface area contributed by atoms with Crippen molar-refractivity contribution in [3.8, 4) is 0 Å². The third-order valence-corrected chi connectivity index (χ3v) is 3.59. The standard InChI is InChI=1S/C11H22N2O/c1-9(8-12-2)13-6-7-14-11-5-3-4-10(11)13/h9-12H,3-8H2,1-2H3. The predicted molar refractivity (Wildman–Crippen MR) is 57.5 cm³/mol. The highest BCUT2D eigenvalue weighted by Gasteiger charge is 2.37. The van der Waals surface area contributed by atoms with Crippen molar-refractivity contribution in [3.63, 3.8) is 0 Å². The van der Waals surface area contributed by atoms with E-state index in [2.05, 4.69) is 17.1 Å². The molecule has 3 atom stereocenters. The molecule has 1 N–H and O–H groups in total. The highest BCUT2D eigenvalue weighted by molar-refractivity contribution is 4.91. The molecule has 0 bridgehead atoms. The molecule has 1 saturated carbocycles. The molecule has 82 valence electrons. The molecule has 2 aliphatic rings. The van der Waals surface area contributed by atoms with Crippen LogP contribution in [-0.4, -0.2) is 49.8 Å². The maximum absolute atomic E-state index is 5.80. The zero-order valence-corrected chi connectivity index (χ0v) is 9.33. The van der Waals surface area contributed by atoms with E-state index in [1.807, 2.05) is 7.05 Å². The van der Waals surface area contributed by atoms with Crippen LogP contribution in [0.2, 0.25) is 0 Å². The van der Waals surface area contributed by atoms with E-state index in [1.54, 1.807) is 0 Å². The summed E-state index contributed by atoms with van der Waals surface area (Å²) in [5, 5.41) is 3.26. The lowest BCUT2D eigenvalue weighted by molar-refractivity contribution is -0.0685. The van der Waals surface area contributed by atoms with E-state index in [-0.39, 0.29) is 0 Å². The number of fused-ring (bicyclic) bond motifs is 1. The SMILES string of the molecule is CNCC(C)N1CCOC2CCCC21. The summed E-state index contributed by atoms with van der Waals surface area (Å²) in [5.41, 5.74) is 0. The fourth-order valence-electron chi connectivity index (χ4n) is 2.92. The van der Waals surface area contributed by atoms with Gasteiger partial charge in [0.1, 0.15) is 0 Å². The van der Waals surface area contributed by atoms with Gasteiger partial charge in [0.2, 0.25) is 0 Å². The van der Waals surface area contributed by atoms with Crippen LogP contribution in [0.15, 0.2) is 0 Å². The van der Waals surface area contributed by atoms with Crippen LogP contribution in [0.5, 0.6) is 0 Å². The Hall–Kier alpha value is -0.120. The lowest BCUT2D eigenvalue weighted by Gasteiger charge is -2.41. The molecule has 0 amide bonds. The molecule has 3 nitrogen and oxygen atoms in total. The molecule has 0 aromatic rings. The number of morpholine rings is 1. The minimum atomic E-state index is 0.531. The second-order valence-corrected chi connectivity index (χ2v) is 4.55. The van der Waals surface area contributed by atoms with E-state index in [4.69, 9.17) is 4.74 Å². The lowest BCUT2D eigenvalue weighted by Crippen LogP contribution is -2.54. The predicted octanol–water partition coefficient (Wildman–Crippen LogP) is 0.848. The van der Waals surface area contributed by atoms with E-state index in [9.17, 15) is 0 Å². The molecule has 2 rings (SSSR count). The summed E-state index contributed by atoms with van der Waals surface area (Å²) in [6, 6.07) is 1.35. The van der Waals surface area contributed by atoms with Gasteiger partial charge in [-0.2, -0.15) is 0 Å².